The van der Waals surface area contributed by atoms with Crippen LogP contribution in [0.3, 0.4) is 0 Å². The molecule has 7 heteroatoms. The fourth-order valence-corrected chi connectivity index (χ4v) is 8.38. The van der Waals surface area contributed by atoms with E-state index in [0.29, 0.717) is 30.6 Å². The zero-order chi connectivity index (χ0) is 26.3. The number of aliphatic hydroxyl groups is 3. The molecule has 0 amide bonds. The Hall–Kier alpha value is -0.990. The van der Waals surface area contributed by atoms with Crippen LogP contribution in [0.25, 0.3) is 0 Å². The Kier molecular flexibility index (Phi) is 4.92. The molecular formula is C26H40O7. The summed E-state index contributed by atoms with van der Waals surface area (Å²) >= 11 is 0. The molecule has 33 heavy (non-hydrogen) atoms. The third-order valence-electron chi connectivity index (χ3n) is 10.5. The number of hydrogen-bond acceptors (Lipinski definition) is 6. The Morgan fingerprint density at radius 3 is 2.52 bits per heavy atom. The van der Waals surface area contributed by atoms with Gasteiger partial charge in [0, 0.05) is 4.11 Å². The number of aliphatic carboxylic acids is 1. The van der Waals surface area contributed by atoms with Gasteiger partial charge in [-0.3, -0.25) is 0 Å². The van der Waals surface area contributed by atoms with Crippen LogP contribution >= 0.6 is 0 Å². The lowest BCUT2D eigenvalue weighted by Gasteiger charge is -2.61. The topological polar surface area (TPSA) is 116 Å². The van der Waals surface area contributed by atoms with Crippen molar-refractivity contribution in [1.29, 1.82) is 0 Å². The Morgan fingerprint density at radius 2 is 1.79 bits per heavy atom. The molecule has 5 unspecified atom stereocenters. The molecule has 1 saturated heterocycles. The summed E-state index contributed by atoms with van der Waals surface area (Å²) in [7, 11) is 0. The molecule has 0 spiro atoms. The molecule has 1 aliphatic heterocycles. The van der Waals surface area contributed by atoms with Crippen molar-refractivity contribution in [3.05, 3.63) is 12.2 Å². The number of allylic oxidation sites excluding steroid dienone is 2. The van der Waals surface area contributed by atoms with E-state index in [0.717, 1.165) is 32.1 Å². The number of fused-ring (bicyclic) bond motifs is 5. The van der Waals surface area contributed by atoms with Gasteiger partial charge in [-0.05, 0) is 92.7 Å². The highest BCUT2D eigenvalue weighted by Gasteiger charge is 2.65. The van der Waals surface area contributed by atoms with E-state index in [9.17, 15) is 25.2 Å². The Labute approximate surface area is 200 Å². The van der Waals surface area contributed by atoms with E-state index in [1.54, 1.807) is 0 Å². The van der Waals surface area contributed by atoms with E-state index in [4.69, 9.17) is 13.6 Å². The fraction of sp³-hybridized carbons (Fsp3) is 0.885. The first-order chi connectivity index (χ1) is 16.8. The van der Waals surface area contributed by atoms with E-state index in [1.807, 2.05) is 6.92 Å². The Morgan fingerprint density at radius 1 is 1.03 bits per heavy atom. The lowest BCUT2D eigenvalue weighted by atomic mass is 9.45. The fourth-order valence-electron chi connectivity index (χ4n) is 8.38. The summed E-state index contributed by atoms with van der Waals surface area (Å²) < 4.78 is 37.4. The minimum atomic E-state index is -2.57. The first-order valence-electron chi connectivity index (χ1n) is 14.0. The summed E-state index contributed by atoms with van der Waals surface area (Å²) in [5, 5.41) is 40.5. The van der Waals surface area contributed by atoms with Crippen LogP contribution in [0.4, 0.5) is 0 Å². The maximum Gasteiger partial charge on any atom is 0.335 e. The number of ether oxygens (including phenoxy) is 2. The third-order valence-corrected chi connectivity index (χ3v) is 10.5. The smallest absolute Gasteiger partial charge is 0.335 e. The first-order valence-corrected chi connectivity index (χ1v) is 12.5. The molecule has 0 aromatic heterocycles. The molecule has 7 nitrogen and oxygen atoms in total. The lowest BCUT2D eigenvalue weighted by Crippen LogP contribution is -2.63. The lowest BCUT2D eigenvalue weighted by molar-refractivity contribution is -0.332. The van der Waals surface area contributed by atoms with Crippen molar-refractivity contribution in [2.24, 2.45) is 34.5 Å². The monoisotopic (exact) mass is 467 g/mol. The van der Waals surface area contributed by atoms with Gasteiger partial charge in [0.25, 0.3) is 0 Å². The molecule has 4 N–H and O–H groups in total. The Bertz CT molecular complexity index is 910. The minimum Gasteiger partial charge on any atom is -0.479 e. The van der Waals surface area contributed by atoms with Crippen LogP contribution in [0.1, 0.15) is 76.2 Å². The van der Waals surface area contributed by atoms with Gasteiger partial charge < -0.3 is 29.9 Å². The summed E-state index contributed by atoms with van der Waals surface area (Å²) in [6.45, 7) is 1.83. The van der Waals surface area contributed by atoms with Crippen LogP contribution in [-0.4, -0.2) is 62.7 Å². The summed E-state index contributed by atoms with van der Waals surface area (Å²) in [5.41, 5.74) is -2.20. The first kappa shape index (κ1) is 20.2. The molecule has 3 saturated carbocycles. The predicted molar refractivity (Wildman–Crippen MR) is 120 cm³/mol. The molecule has 5 aliphatic rings. The zero-order valence-corrected chi connectivity index (χ0v) is 19.5. The minimum absolute atomic E-state index is 0.117. The van der Waals surface area contributed by atoms with Crippen molar-refractivity contribution in [2.45, 2.75) is 108 Å². The summed E-state index contributed by atoms with van der Waals surface area (Å²) in [4.78, 5) is 11.6. The van der Waals surface area contributed by atoms with Crippen LogP contribution in [-0.2, 0) is 14.3 Å². The number of carboxylic acid groups (broad SMARTS) is 1. The van der Waals surface area contributed by atoms with Crippen LogP contribution in [0.5, 0.6) is 0 Å². The molecule has 12 atom stereocenters. The average molecular weight is 468 g/mol. The zero-order valence-electron chi connectivity index (χ0n) is 22.5. The quantitative estimate of drug-likeness (QED) is 0.472. The Balaban J connectivity index is 1.47. The summed E-state index contributed by atoms with van der Waals surface area (Å²) in [5.74, 6) is 0.140. The van der Waals surface area contributed by atoms with E-state index in [2.05, 4.69) is 19.1 Å². The second-order valence-corrected chi connectivity index (χ2v) is 11.7. The molecule has 186 valence electrons. The maximum absolute atomic E-state index is 11.6. The highest BCUT2D eigenvalue weighted by atomic mass is 16.7. The van der Waals surface area contributed by atoms with Gasteiger partial charge in [-0.2, -0.15) is 0 Å². The summed E-state index contributed by atoms with van der Waals surface area (Å²) in [6.07, 6.45) is 2.41. The van der Waals surface area contributed by atoms with Gasteiger partial charge in [0.15, 0.2) is 12.4 Å². The second-order valence-electron chi connectivity index (χ2n) is 11.7. The van der Waals surface area contributed by atoms with Crippen molar-refractivity contribution in [2.75, 3.05) is 0 Å². The van der Waals surface area contributed by atoms with Crippen molar-refractivity contribution in [3.63, 3.8) is 0 Å². The molecular weight excluding hydrogens is 424 g/mol. The van der Waals surface area contributed by atoms with Crippen molar-refractivity contribution < 1.29 is 38.8 Å². The van der Waals surface area contributed by atoms with Crippen molar-refractivity contribution in [3.8, 4) is 0 Å². The number of carboxylic acids is 1. The van der Waals surface area contributed by atoms with Gasteiger partial charge in [-0.15, -0.1) is 0 Å². The van der Waals surface area contributed by atoms with Gasteiger partial charge in [-0.1, -0.05) is 26.0 Å². The maximum atomic E-state index is 11.6. The largest absolute Gasteiger partial charge is 0.479 e. The van der Waals surface area contributed by atoms with Crippen LogP contribution in [0.15, 0.2) is 12.2 Å². The SMILES string of the molecule is [2H]C([2H])([2H])[C@]1(OC2OC(C(=O)O)C(O)C(O)C2O)CC[C@H]2[C@@H]3CC[C@H]4CC=CC[C@]4(C)[C@H]3CC[C@@]21C. The number of hydrogen-bond donors (Lipinski definition) is 4. The molecule has 0 bridgehead atoms. The van der Waals surface area contributed by atoms with Crippen molar-refractivity contribution >= 4 is 5.97 Å². The van der Waals surface area contributed by atoms with Gasteiger partial charge >= 0.3 is 5.97 Å². The van der Waals surface area contributed by atoms with Crippen LogP contribution in [0, 0.1) is 34.5 Å². The van der Waals surface area contributed by atoms with Gasteiger partial charge in [-0.25, -0.2) is 4.79 Å². The molecule has 5 rings (SSSR count). The van der Waals surface area contributed by atoms with E-state index in [1.165, 1.54) is 0 Å². The van der Waals surface area contributed by atoms with E-state index in [-0.39, 0.29) is 17.8 Å². The second kappa shape index (κ2) is 8.02. The van der Waals surface area contributed by atoms with Crippen LogP contribution < -0.4 is 0 Å². The van der Waals surface area contributed by atoms with E-state index < -0.39 is 54.5 Å². The summed E-state index contributed by atoms with van der Waals surface area (Å²) in [6, 6.07) is 0. The van der Waals surface area contributed by atoms with Gasteiger partial charge in [0.2, 0.25) is 0 Å². The van der Waals surface area contributed by atoms with Crippen LogP contribution in [0.2, 0.25) is 0 Å². The molecule has 1 heterocycles. The number of rotatable bonds is 3. The highest BCUT2D eigenvalue weighted by Crippen LogP contribution is 2.68. The molecule has 0 aromatic rings. The highest BCUT2D eigenvalue weighted by molar-refractivity contribution is 5.73. The van der Waals surface area contributed by atoms with Gasteiger partial charge in [0.1, 0.15) is 18.3 Å². The molecule has 4 aliphatic carbocycles. The van der Waals surface area contributed by atoms with E-state index >= 15 is 0 Å². The van der Waals surface area contributed by atoms with Gasteiger partial charge in [0.05, 0.1) is 5.60 Å². The van der Waals surface area contributed by atoms with Crippen molar-refractivity contribution in [1.82, 2.24) is 0 Å². The number of aliphatic hydroxyl groups excluding tert-OH is 3. The molecule has 0 aromatic carbocycles. The standard InChI is InChI=1S/C26H40O7/c1-24-11-5-4-6-14(24)7-8-15-16(24)9-12-25(2)17(15)10-13-26(25,3)33-23-20(29)18(27)19(28)21(32-23)22(30)31/h4-5,14-21,23,27-29H,6-13H2,1-3H3,(H,30,31)/t14-,15-,16+,17+,18?,19?,20?,21?,23?,24+,25+,26+/m1/s1/i3D3. The normalized spacial score (nSPS) is 57.7. The molecule has 4 fully saturated rings. The predicted octanol–water partition coefficient (Wildman–Crippen LogP) is 2.86. The average Bonchev–Trinajstić information content (AvgIpc) is 3.12. The molecule has 0 radical (unpaired) electrons. The third kappa shape index (κ3) is 3.37. The number of carbonyl (C=O) groups is 1.